The molecular formula is C12H20N4. The molecule has 0 aromatic carbocycles. The van der Waals surface area contributed by atoms with Crippen molar-refractivity contribution in [1.82, 2.24) is 15.3 Å². The maximum atomic E-state index is 5.63. The number of aromatic nitrogens is 2. The molecule has 3 N–H and O–H groups in total. The zero-order chi connectivity index (χ0) is 11.4. The maximum absolute atomic E-state index is 5.63. The van der Waals surface area contributed by atoms with Gasteiger partial charge in [-0.3, -0.25) is 0 Å². The Morgan fingerprint density at radius 1 is 1.44 bits per heavy atom. The average Bonchev–Trinajstić information content (AvgIpc) is 2.27. The van der Waals surface area contributed by atoms with Gasteiger partial charge in [0.2, 0.25) is 5.95 Å². The first kappa shape index (κ1) is 11.3. The van der Waals surface area contributed by atoms with Gasteiger partial charge in [0.25, 0.3) is 0 Å². The Morgan fingerprint density at radius 2 is 2.31 bits per heavy atom. The van der Waals surface area contributed by atoms with E-state index in [-0.39, 0.29) is 0 Å². The summed E-state index contributed by atoms with van der Waals surface area (Å²) in [5.41, 5.74) is 7.65. The number of nitrogens with one attached hydrogen (secondary N) is 1. The molecule has 4 heteroatoms. The smallest absolute Gasteiger partial charge is 0.220 e. The van der Waals surface area contributed by atoms with E-state index < -0.39 is 0 Å². The minimum absolute atomic E-state index is 0.395. The lowest BCUT2D eigenvalue weighted by molar-refractivity contribution is 0.382. The summed E-state index contributed by atoms with van der Waals surface area (Å²) >= 11 is 0. The maximum Gasteiger partial charge on any atom is 0.220 e. The second-order valence-corrected chi connectivity index (χ2v) is 4.54. The number of hydrogen-bond acceptors (Lipinski definition) is 4. The summed E-state index contributed by atoms with van der Waals surface area (Å²) in [6.07, 6.45) is 6.10. The van der Waals surface area contributed by atoms with E-state index in [9.17, 15) is 0 Å². The third kappa shape index (κ3) is 3.17. The van der Waals surface area contributed by atoms with Crippen LogP contribution in [-0.4, -0.2) is 22.6 Å². The standard InChI is InChI=1S/C12H20N4/c1-9-8-11(16-12(13)15-9)6-5-10-4-2-3-7-14-10/h8,10,14H,2-7H2,1H3,(H2,13,15,16). The van der Waals surface area contributed by atoms with Crippen molar-refractivity contribution in [3.8, 4) is 0 Å². The largest absolute Gasteiger partial charge is 0.368 e. The van der Waals surface area contributed by atoms with Crippen LogP contribution in [0, 0.1) is 6.92 Å². The van der Waals surface area contributed by atoms with Crippen LogP contribution in [-0.2, 0) is 6.42 Å². The summed E-state index contributed by atoms with van der Waals surface area (Å²) in [5.74, 6) is 0.395. The quantitative estimate of drug-likeness (QED) is 0.809. The highest BCUT2D eigenvalue weighted by molar-refractivity contribution is 5.21. The number of nitrogens with zero attached hydrogens (tertiary/aromatic N) is 2. The lowest BCUT2D eigenvalue weighted by Crippen LogP contribution is -2.34. The average molecular weight is 220 g/mol. The molecular weight excluding hydrogens is 200 g/mol. The normalized spacial score (nSPS) is 20.9. The zero-order valence-electron chi connectivity index (χ0n) is 9.87. The van der Waals surface area contributed by atoms with E-state index in [1.807, 2.05) is 13.0 Å². The van der Waals surface area contributed by atoms with E-state index in [1.54, 1.807) is 0 Å². The predicted molar refractivity (Wildman–Crippen MR) is 65.1 cm³/mol. The minimum atomic E-state index is 0.395. The number of nitrogen functional groups attached to an aromatic ring is 1. The van der Waals surface area contributed by atoms with Gasteiger partial charge in [0, 0.05) is 17.4 Å². The summed E-state index contributed by atoms with van der Waals surface area (Å²) in [6.45, 7) is 3.12. The Balaban J connectivity index is 1.88. The summed E-state index contributed by atoms with van der Waals surface area (Å²) in [5, 5.41) is 3.54. The highest BCUT2D eigenvalue weighted by atomic mass is 15.0. The van der Waals surface area contributed by atoms with Crippen molar-refractivity contribution >= 4 is 5.95 Å². The lowest BCUT2D eigenvalue weighted by Gasteiger charge is -2.23. The van der Waals surface area contributed by atoms with Crippen molar-refractivity contribution in [2.75, 3.05) is 12.3 Å². The third-order valence-corrected chi connectivity index (χ3v) is 3.09. The molecule has 1 fully saturated rings. The summed E-state index contributed by atoms with van der Waals surface area (Å²) in [7, 11) is 0. The number of aryl methyl sites for hydroxylation is 2. The first-order chi connectivity index (χ1) is 7.74. The molecule has 0 spiro atoms. The van der Waals surface area contributed by atoms with Gasteiger partial charge in [0.1, 0.15) is 0 Å². The second kappa shape index (κ2) is 5.25. The van der Waals surface area contributed by atoms with Crippen LogP contribution in [0.1, 0.15) is 37.1 Å². The number of nitrogens with two attached hydrogens (primary N) is 1. The van der Waals surface area contributed by atoms with E-state index in [4.69, 9.17) is 5.73 Å². The fourth-order valence-corrected chi connectivity index (χ4v) is 2.28. The molecule has 1 aromatic heterocycles. The molecule has 1 aliphatic rings. The SMILES string of the molecule is Cc1cc(CCC2CCCCN2)nc(N)n1. The highest BCUT2D eigenvalue weighted by Gasteiger charge is 2.12. The van der Waals surface area contributed by atoms with Crippen LogP contribution in [0.25, 0.3) is 0 Å². The van der Waals surface area contributed by atoms with Crippen LogP contribution < -0.4 is 11.1 Å². The first-order valence-corrected chi connectivity index (χ1v) is 6.07. The molecule has 1 unspecified atom stereocenters. The molecule has 2 rings (SSSR count). The number of anilines is 1. The van der Waals surface area contributed by atoms with Crippen LogP contribution in [0.15, 0.2) is 6.07 Å². The van der Waals surface area contributed by atoms with Gasteiger partial charge < -0.3 is 11.1 Å². The van der Waals surface area contributed by atoms with Crippen LogP contribution >= 0.6 is 0 Å². The van der Waals surface area contributed by atoms with E-state index in [2.05, 4.69) is 15.3 Å². The molecule has 0 aliphatic carbocycles. The topological polar surface area (TPSA) is 63.8 Å². The van der Waals surface area contributed by atoms with Gasteiger partial charge in [-0.25, -0.2) is 9.97 Å². The van der Waals surface area contributed by atoms with Gasteiger partial charge in [-0.15, -0.1) is 0 Å². The monoisotopic (exact) mass is 220 g/mol. The molecule has 0 amide bonds. The first-order valence-electron chi connectivity index (χ1n) is 6.07. The highest BCUT2D eigenvalue weighted by Crippen LogP contribution is 2.13. The van der Waals surface area contributed by atoms with Gasteiger partial charge in [-0.1, -0.05) is 6.42 Å². The van der Waals surface area contributed by atoms with E-state index in [0.717, 1.165) is 30.8 Å². The predicted octanol–water partition coefficient (Wildman–Crippen LogP) is 1.44. The molecule has 1 aromatic rings. The van der Waals surface area contributed by atoms with Crippen LogP contribution in [0.4, 0.5) is 5.95 Å². The van der Waals surface area contributed by atoms with Crippen LogP contribution in [0.5, 0.6) is 0 Å². The number of rotatable bonds is 3. The fraction of sp³-hybridized carbons (Fsp3) is 0.667. The van der Waals surface area contributed by atoms with Crippen LogP contribution in [0.2, 0.25) is 0 Å². The van der Waals surface area contributed by atoms with Crippen molar-refractivity contribution in [3.05, 3.63) is 17.5 Å². The van der Waals surface area contributed by atoms with E-state index >= 15 is 0 Å². The number of hydrogen-bond donors (Lipinski definition) is 2. The Kier molecular flexibility index (Phi) is 3.72. The van der Waals surface area contributed by atoms with E-state index in [0.29, 0.717) is 12.0 Å². The molecule has 0 radical (unpaired) electrons. The fourth-order valence-electron chi connectivity index (χ4n) is 2.28. The van der Waals surface area contributed by atoms with Gasteiger partial charge in [0.15, 0.2) is 0 Å². The lowest BCUT2D eigenvalue weighted by atomic mass is 9.99. The van der Waals surface area contributed by atoms with Crippen LogP contribution in [0.3, 0.4) is 0 Å². The van der Waals surface area contributed by atoms with Crippen molar-refractivity contribution in [2.45, 2.75) is 45.1 Å². The Bertz CT molecular complexity index is 325. The van der Waals surface area contributed by atoms with Crippen molar-refractivity contribution in [2.24, 2.45) is 0 Å². The third-order valence-electron chi connectivity index (χ3n) is 3.09. The second-order valence-electron chi connectivity index (χ2n) is 4.54. The van der Waals surface area contributed by atoms with Gasteiger partial charge in [-0.2, -0.15) is 0 Å². The van der Waals surface area contributed by atoms with Crippen molar-refractivity contribution < 1.29 is 0 Å². The summed E-state index contributed by atoms with van der Waals surface area (Å²) in [6, 6.07) is 2.68. The Hall–Kier alpha value is -1.16. The summed E-state index contributed by atoms with van der Waals surface area (Å²) in [4.78, 5) is 8.34. The molecule has 88 valence electrons. The number of piperidine rings is 1. The molecule has 2 heterocycles. The minimum Gasteiger partial charge on any atom is -0.368 e. The van der Waals surface area contributed by atoms with Gasteiger partial charge in [-0.05, 0) is 45.2 Å². The molecule has 1 aliphatic heterocycles. The Morgan fingerprint density at radius 3 is 3.00 bits per heavy atom. The summed E-state index contributed by atoms with van der Waals surface area (Å²) < 4.78 is 0. The Labute approximate surface area is 96.7 Å². The molecule has 0 bridgehead atoms. The molecule has 4 nitrogen and oxygen atoms in total. The zero-order valence-corrected chi connectivity index (χ0v) is 9.87. The molecule has 16 heavy (non-hydrogen) atoms. The molecule has 1 atom stereocenters. The van der Waals surface area contributed by atoms with E-state index in [1.165, 1.54) is 19.3 Å². The van der Waals surface area contributed by atoms with Crippen molar-refractivity contribution in [3.63, 3.8) is 0 Å². The molecule has 0 saturated carbocycles. The van der Waals surface area contributed by atoms with Crippen molar-refractivity contribution in [1.29, 1.82) is 0 Å². The van der Waals surface area contributed by atoms with Gasteiger partial charge in [0.05, 0.1) is 0 Å². The van der Waals surface area contributed by atoms with Gasteiger partial charge >= 0.3 is 0 Å². The molecule has 1 saturated heterocycles.